The molecule has 18 heavy (non-hydrogen) atoms. The molecule has 106 valence electrons. The summed E-state index contributed by atoms with van der Waals surface area (Å²) in [6.07, 6.45) is 4.09. The third kappa shape index (κ3) is 4.22. The molecule has 0 spiro atoms. The van der Waals surface area contributed by atoms with Gasteiger partial charge in [0.1, 0.15) is 0 Å². The van der Waals surface area contributed by atoms with Gasteiger partial charge in [0, 0.05) is 31.7 Å². The molecule has 1 saturated heterocycles. The summed E-state index contributed by atoms with van der Waals surface area (Å²) in [6, 6.07) is 1.44. The molecule has 1 N–H and O–H groups in total. The predicted octanol–water partition coefficient (Wildman–Crippen LogP) is 2.26. The molecule has 1 aliphatic heterocycles. The molecule has 3 heteroatoms. The van der Waals surface area contributed by atoms with Crippen molar-refractivity contribution < 1.29 is 4.74 Å². The fraction of sp³-hybridized carbons (Fsp3) is 1.00. The van der Waals surface area contributed by atoms with Crippen LogP contribution in [0.3, 0.4) is 0 Å². The van der Waals surface area contributed by atoms with Crippen molar-refractivity contribution in [2.45, 2.75) is 64.6 Å². The zero-order valence-corrected chi connectivity index (χ0v) is 12.5. The average molecular weight is 254 g/mol. The molecule has 0 bridgehead atoms. The van der Waals surface area contributed by atoms with Crippen LogP contribution in [0.1, 0.15) is 47.0 Å². The largest absolute Gasteiger partial charge is 0.375 e. The van der Waals surface area contributed by atoms with Gasteiger partial charge in [0.25, 0.3) is 0 Å². The monoisotopic (exact) mass is 254 g/mol. The normalized spacial score (nSPS) is 30.7. The van der Waals surface area contributed by atoms with Crippen LogP contribution in [-0.2, 0) is 4.74 Å². The summed E-state index contributed by atoms with van der Waals surface area (Å²) in [5.41, 5.74) is -0.00667. The van der Waals surface area contributed by atoms with Gasteiger partial charge in [-0.3, -0.25) is 4.90 Å². The number of piperazine rings is 1. The second-order valence-corrected chi connectivity index (χ2v) is 6.87. The Kier molecular flexibility index (Phi) is 4.68. The first-order valence-corrected chi connectivity index (χ1v) is 7.61. The summed E-state index contributed by atoms with van der Waals surface area (Å²) >= 11 is 0. The van der Waals surface area contributed by atoms with Gasteiger partial charge in [0.15, 0.2) is 0 Å². The minimum Gasteiger partial charge on any atom is -0.375 e. The van der Waals surface area contributed by atoms with Gasteiger partial charge in [-0.05, 0) is 46.0 Å². The number of rotatable bonds is 5. The summed E-state index contributed by atoms with van der Waals surface area (Å²) in [5, 5.41) is 3.69. The van der Waals surface area contributed by atoms with Gasteiger partial charge in [-0.2, -0.15) is 0 Å². The van der Waals surface area contributed by atoms with E-state index in [1.165, 1.54) is 32.4 Å². The molecule has 2 fully saturated rings. The van der Waals surface area contributed by atoms with Gasteiger partial charge in [0.05, 0.1) is 12.2 Å². The van der Waals surface area contributed by atoms with Gasteiger partial charge < -0.3 is 10.1 Å². The van der Waals surface area contributed by atoms with E-state index in [2.05, 4.69) is 37.9 Å². The molecule has 0 radical (unpaired) electrons. The van der Waals surface area contributed by atoms with E-state index >= 15 is 0 Å². The Hall–Kier alpha value is -0.120. The minimum absolute atomic E-state index is 0.00667. The van der Waals surface area contributed by atoms with Gasteiger partial charge in [-0.15, -0.1) is 0 Å². The number of hydrogen-bond donors (Lipinski definition) is 1. The van der Waals surface area contributed by atoms with E-state index in [0.717, 1.165) is 25.1 Å². The van der Waals surface area contributed by atoms with Crippen LogP contribution < -0.4 is 5.32 Å². The van der Waals surface area contributed by atoms with Crippen molar-refractivity contribution in [2.75, 3.05) is 26.2 Å². The molecule has 2 atom stereocenters. The van der Waals surface area contributed by atoms with Crippen LogP contribution in [0.2, 0.25) is 0 Å². The lowest BCUT2D eigenvalue weighted by Crippen LogP contribution is -2.57. The third-order valence-electron chi connectivity index (χ3n) is 4.11. The number of hydrogen-bond acceptors (Lipinski definition) is 3. The first-order valence-electron chi connectivity index (χ1n) is 7.61. The fourth-order valence-corrected chi connectivity index (χ4v) is 2.84. The Morgan fingerprint density at radius 3 is 2.56 bits per heavy atom. The molecule has 0 aromatic carbocycles. The van der Waals surface area contributed by atoms with Crippen LogP contribution in [0.25, 0.3) is 0 Å². The van der Waals surface area contributed by atoms with Crippen molar-refractivity contribution in [1.29, 1.82) is 0 Å². The lowest BCUT2D eigenvalue weighted by atomic mass is 10.0. The van der Waals surface area contributed by atoms with Crippen molar-refractivity contribution in [2.24, 2.45) is 5.92 Å². The summed E-state index contributed by atoms with van der Waals surface area (Å²) in [5.74, 6) is 0.949. The summed E-state index contributed by atoms with van der Waals surface area (Å²) in [6.45, 7) is 13.0. The van der Waals surface area contributed by atoms with Crippen molar-refractivity contribution in [3.8, 4) is 0 Å². The molecule has 2 aliphatic rings. The van der Waals surface area contributed by atoms with Crippen LogP contribution >= 0.6 is 0 Å². The van der Waals surface area contributed by atoms with Crippen molar-refractivity contribution in [3.63, 3.8) is 0 Å². The van der Waals surface area contributed by atoms with Crippen LogP contribution in [0.15, 0.2) is 0 Å². The standard InChI is InChI=1S/C15H30N2O/c1-5-13-11-17(8-9-18-15(2,3)4)14(10-16-13)12-6-7-12/h12-14,16H,5-11H2,1-4H3. The van der Waals surface area contributed by atoms with Gasteiger partial charge in [0.2, 0.25) is 0 Å². The molecular weight excluding hydrogens is 224 g/mol. The van der Waals surface area contributed by atoms with E-state index in [1.54, 1.807) is 0 Å². The van der Waals surface area contributed by atoms with Crippen molar-refractivity contribution in [1.82, 2.24) is 10.2 Å². The van der Waals surface area contributed by atoms with E-state index < -0.39 is 0 Å². The Bertz CT molecular complexity index is 258. The fourth-order valence-electron chi connectivity index (χ4n) is 2.84. The minimum atomic E-state index is -0.00667. The summed E-state index contributed by atoms with van der Waals surface area (Å²) < 4.78 is 5.89. The zero-order chi connectivity index (χ0) is 13.2. The number of nitrogens with zero attached hydrogens (tertiary/aromatic N) is 1. The third-order valence-corrected chi connectivity index (χ3v) is 4.11. The first kappa shape index (κ1) is 14.3. The van der Waals surface area contributed by atoms with Crippen LogP contribution in [0.4, 0.5) is 0 Å². The zero-order valence-electron chi connectivity index (χ0n) is 12.5. The predicted molar refractivity (Wildman–Crippen MR) is 75.9 cm³/mol. The molecular formula is C15H30N2O. The second-order valence-electron chi connectivity index (χ2n) is 6.87. The highest BCUT2D eigenvalue weighted by atomic mass is 16.5. The number of nitrogens with one attached hydrogen (secondary N) is 1. The van der Waals surface area contributed by atoms with E-state index in [-0.39, 0.29) is 5.60 Å². The first-order chi connectivity index (χ1) is 8.49. The highest BCUT2D eigenvalue weighted by Gasteiger charge is 2.38. The Labute approximate surface area is 112 Å². The Balaban J connectivity index is 1.81. The Morgan fingerprint density at radius 2 is 2.00 bits per heavy atom. The molecule has 2 rings (SSSR count). The van der Waals surface area contributed by atoms with E-state index in [4.69, 9.17) is 4.74 Å². The molecule has 0 aromatic rings. The average Bonchev–Trinajstić information content (AvgIpc) is 3.11. The lowest BCUT2D eigenvalue weighted by Gasteiger charge is -2.41. The molecule has 1 saturated carbocycles. The second kappa shape index (κ2) is 5.89. The van der Waals surface area contributed by atoms with Crippen LogP contribution in [0, 0.1) is 5.92 Å². The maximum atomic E-state index is 5.89. The molecule has 0 amide bonds. The van der Waals surface area contributed by atoms with Crippen LogP contribution in [-0.4, -0.2) is 48.8 Å². The van der Waals surface area contributed by atoms with Gasteiger partial charge in [-0.25, -0.2) is 0 Å². The quantitative estimate of drug-likeness (QED) is 0.814. The SMILES string of the molecule is CCC1CN(CCOC(C)(C)C)C(C2CC2)CN1. The lowest BCUT2D eigenvalue weighted by molar-refractivity contribution is -0.0239. The van der Waals surface area contributed by atoms with E-state index in [0.29, 0.717) is 6.04 Å². The smallest absolute Gasteiger partial charge is 0.0600 e. The van der Waals surface area contributed by atoms with Gasteiger partial charge >= 0.3 is 0 Å². The molecule has 1 aliphatic carbocycles. The van der Waals surface area contributed by atoms with E-state index in [9.17, 15) is 0 Å². The molecule has 2 unspecified atom stereocenters. The van der Waals surface area contributed by atoms with Crippen LogP contribution in [0.5, 0.6) is 0 Å². The number of ether oxygens (including phenoxy) is 1. The molecule has 0 aromatic heterocycles. The van der Waals surface area contributed by atoms with Crippen molar-refractivity contribution >= 4 is 0 Å². The highest BCUT2D eigenvalue weighted by molar-refractivity contribution is 4.94. The molecule has 3 nitrogen and oxygen atoms in total. The maximum Gasteiger partial charge on any atom is 0.0600 e. The Morgan fingerprint density at radius 1 is 1.28 bits per heavy atom. The molecule has 1 heterocycles. The van der Waals surface area contributed by atoms with Crippen molar-refractivity contribution in [3.05, 3.63) is 0 Å². The topological polar surface area (TPSA) is 24.5 Å². The van der Waals surface area contributed by atoms with E-state index in [1.807, 2.05) is 0 Å². The highest BCUT2D eigenvalue weighted by Crippen LogP contribution is 2.36. The summed E-state index contributed by atoms with van der Waals surface area (Å²) in [4.78, 5) is 2.67. The maximum absolute atomic E-state index is 5.89. The summed E-state index contributed by atoms with van der Waals surface area (Å²) in [7, 11) is 0. The van der Waals surface area contributed by atoms with Gasteiger partial charge in [-0.1, -0.05) is 6.92 Å².